The Hall–Kier alpha value is -3.98. The molecule has 34 heavy (non-hydrogen) atoms. The highest BCUT2D eigenvalue weighted by Gasteiger charge is 2.22. The van der Waals surface area contributed by atoms with Gasteiger partial charge in [0.25, 0.3) is 0 Å². The Morgan fingerprint density at radius 1 is 1.18 bits per heavy atom. The van der Waals surface area contributed by atoms with Gasteiger partial charge >= 0.3 is 0 Å². The molecule has 0 bridgehead atoms. The largest absolute Gasteiger partial charge is 0.383 e. The quantitative estimate of drug-likeness (QED) is 0.347. The van der Waals surface area contributed by atoms with Gasteiger partial charge in [0, 0.05) is 30.5 Å². The number of nitrogens with one attached hydrogen (secondary N) is 2. The zero-order valence-electron chi connectivity index (χ0n) is 18.7. The van der Waals surface area contributed by atoms with Crippen LogP contribution in [0.2, 0.25) is 0 Å². The number of carbonyl (C=O) groups is 1. The molecule has 1 atom stereocenters. The van der Waals surface area contributed by atoms with Crippen molar-refractivity contribution in [3.8, 4) is 5.69 Å². The number of imidazole rings is 1. The molecule has 4 heterocycles. The number of rotatable bonds is 5. The van der Waals surface area contributed by atoms with Crippen LogP contribution in [0.25, 0.3) is 27.6 Å². The van der Waals surface area contributed by atoms with Gasteiger partial charge < -0.3 is 15.7 Å². The molecule has 9 heteroatoms. The highest BCUT2D eigenvalue weighted by Crippen LogP contribution is 2.25. The second-order valence-electron chi connectivity index (χ2n) is 8.93. The predicted molar refractivity (Wildman–Crippen MR) is 129 cm³/mol. The molecule has 4 N–H and O–H groups in total. The number of aromatic nitrogens is 5. The van der Waals surface area contributed by atoms with Gasteiger partial charge in [0.2, 0.25) is 5.78 Å². The van der Waals surface area contributed by atoms with Crippen molar-refractivity contribution in [2.45, 2.75) is 26.1 Å². The van der Waals surface area contributed by atoms with Crippen molar-refractivity contribution in [2.24, 2.45) is 0 Å². The summed E-state index contributed by atoms with van der Waals surface area (Å²) in [5, 5.41) is 5.29. The van der Waals surface area contributed by atoms with Crippen molar-refractivity contribution >= 4 is 33.5 Å². The van der Waals surface area contributed by atoms with Gasteiger partial charge in [0.15, 0.2) is 0 Å². The Labute approximate surface area is 194 Å². The number of nitrogens with zero attached hydrogens (tertiary/aromatic N) is 4. The number of likely N-dealkylation sites (tertiary alicyclic amines) is 1. The van der Waals surface area contributed by atoms with Crippen LogP contribution in [-0.4, -0.2) is 54.7 Å². The van der Waals surface area contributed by atoms with E-state index < -0.39 is 6.17 Å². The molecule has 172 valence electrons. The number of hydrogen-bond acceptors (Lipinski definition) is 5. The minimum atomic E-state index is -0.741. The molecule has 6 rings (SSSR count). The van der Waals surface area contributed by atoms with E-state index >= 15 is 0 Å². The van der Waals surface area contributed by atoms with Gasteiger partial charge in [-0.1, -0.05) is 12.1 Å². The van der Waals surface area contributed by atoms with Crippen LogP contribution in [0.1, 0.15) is 33.9 Å². The number of ketones is 1. The number of H-pyrrole nitrogens is 2. The molecule has 0 radical (unpaired) electrons. The molecule has 0 aliphatic carbocycles. The maximum absolute atomic E-state index is 13.5. The standard InChI is InChI=1S/C25H24FN7O/c1-14-29-20-5-4-18(10-22(20)30-14)33-25(27)19(11-28-33)24(34)23-9-16-3-2-15(8-21(16)31-23)12-32-7-6-17(26)13-32/h2-5,8-11,17,31H,6-7,12-13,27H2,1H3,(H,29,30). The van der Waals surface area contributed by atoms with Crippen molar-refractivity contribution < 1.29 is 9.18 Å². The average molecular weight is 458 g/mol. The number of fused-ring (bicyclic) bond motifs is 2. The van der Waals surface area contributed by atoms with Gasteiger partial charge in [0.1, 0.15) is 17.8 Å². The summed E-state index contributed by atoms with van der Waals surface area (Å²) >= 11 is 0. The van der Waals surface area contributed by atoms with Crippen LogP contribution in [0.5, 0.6) is 0 Å². The third kappa shape index (κ3) is 3.54. The summed E-state index contributed by atoms with van der Waals surface area (Å²) in [5.41, 5.74) is 11.5. The lowest BCUT2D eigenvalue weighted by Crippen LogP contribution is -2.20. The van der Waals surface area contributed by atoms with E-state index in [0.29, 0.717) is 30.8 Å². The summed E-state index contributed by atoms with van der Waals surface area (Å²) in [4.78, 5) is 26.2. The van der Waals surface area contributed by atoms with Crippen molar-refractivity contribution in [2.75, 3.05) is 18.8 Å². The van der Waals surface area contributed by atoms with Gasteiger partial charge in [-0.05, 0) is 49.2 Å². The molecule has 0 spiro atoms. The van der Waals surface area contributed by atoms with Crippen LogP contribution >= 0.6 is 0 Å². The van der Waals surface area contributed by atoms with Gasteiger partial charge in [-0.25, -0.2) is 14.1 Å². The first kappa shape index (κ1) is 20.6. The number of nitrogens with two attached hydrogens (primary N) is 1. The van der Waals surface area contributed by atoms with E-state index in [1.807, 2.05) is 49.4 Å². The number of benzene rings is 2. The summed E-state index contributed by atoms with van der Waals surface area (Å²) in [7, 11) is 0. The van der Waals surface area contributed by atoms with E-state index in [4.69, 9.17) is 5.73 Å². The topological polar surface area (TPSA) is 109 Å². The minimum absolute atomic E-state index is 0.224. The van der Waals surface area contributed by atoms with Crippen molar-refractivity contribution in [3.63, 3.8) is 0 Å². The van der Waals surface area contributed by atoms with Gasteiger partial charge in [-0.15, -0.1) is 0 Å². The van der Waals surface area contributed by atoms with Crippen LogP contribution in [0.3, 0.4) is 0 Å². The molecular formula is C25H24FN7O. The molecule has 8 nitrogen and oxygen atoms in total. The first-order valence-electron chi connectivity index (χ1n) is 11.3. The number of aromatic amines is 2. The maximum atomic E-state index is 13.5. The summed E-state index contributed by atoms with van der Waals surface area (Å²) in [5.74, 6) is 0.870. The monoisotopic (exact) mass is 457 g/mol. The predicted octanol–water partition coefficient (Wildman–Crippen LogP) is 3.90. The summed E-state index contributed by atoms with van der Waals surface area (Å²) in [6.45, 7) is 3.83. The van der Waals surface area contributed by atoms with E-state index in [1.165, 1.54) is 6.20 Å². The van der Waals surface area contributed by atoms with E-state index in [-0.39, 0.29) is 11.6 Å². The smallest absolute Gasteiger partial charge is 0.214 e. The summed E-state index contributed by atoms with van der Waals surface area (Å²) < 4.78 is 15.0. The third-order valence-corrected chi connectivity index (χ3v) is 6.43. The summed E-state index contributed by atoms with van der Waals surface area (Å²) in [6, 6.07) is 13.5. The Kier molecular flexibility index (Phi) is 4.73. The average Bonchev–Trinajstić information content (AvgIpc) is 3.58. The van der Waals surface area contributed by atoms with E-state index in [2.05, 4.69) is 25.0 Å². The first-order chi connectivity index (χ1) is 16.4. The Morgan fingerprint density at radius 3 is 2.88 bits per heavy atom. The molecule has 5 aromatic rings. The summed E-state index contributed by atoms with van der Waals surface area (Å²) in [6.07, 6.45) is 1.35. The van der Waals surface area contributed by atoms with Crippen LogP contribution in [0.15, 0.2) is 48.7 Å². The number of hydrogen-bond donors (Lipinski definition) is 3. The molecule has 1 saturated heterocycles. The van der Waals surface area contributed by atoms with Crippen LogP contribution in [0.4, 0.5) is 10.2 Å². The lowest BCUT2D eigenvalue weighted by atomic mass is 10.1. The molecule has 0 saturated carbocycles. The number of aryl methyl sites for hydroxylation is 1. The molecule has 3 aromatic heterocycles. The van der Waals surface area contributed by atoms with Crippen LogP contribution in [-0.2, 0) is 6.54 Å². The number of anilines is 1. The molecule has 0 amide bonds. The van der Waals surface area contributed by atoms with Crippen LogP contribution in [0, 0.1) is 6.92 Å². The fourth-order valence-corrected chi connectivity index (χ4v) is 4.72. The molecule has 1 unspecified atom stereocenters. The number of alkyl halides is 1. The first-order valence-corrected chi connectivity index (χ1v) is 11.3. The molecule has 1 aliphatic rings. The Balaban J connectivity index is 1.28. The van der Waals surface area contributed by atoms with E-state index in [1.54, 1.807) is 4.68 Å². The van der Waals surface area contributed by atoms with E-state index in [9.17, 15) is 9.18 Å². The molecule has 1 fully saturated rings. The maximum Gasteiger partial charge on any atom is 0.214 e. The normalized spacial score (nSPS) is 16.7. The van der Waals surface area contributed by atoms with Crippen molar-refractivity contribution in [1.82, 2.24) is 29.6 Å². The highest BCUT2D eigenvalue weighted by molar-refractivity contribution is 6.12. The zero-order chi connectivity index (χ0) is 23.4. The van der Waals surface area contributed by atoms with Gasteiger partial charge in [-0.2, -0.15) is 5.10 Å². The zero-order valence-corrected chi connectivity index (χ0v) is 18.7. The number of halogens is 1. The Bertz CT molecular complexity index is 1550. The highest BCUT2D eigenvalue weighted by atomic mass is 19.1. The Morgan fingerprint density at radius 2 is 2.06 bits per heavy atom. The van der Waals surface area contributed by atoms with Gasteiger partial charge in [0.05, 0.1) is 34.2 Å². The fourth-order valence-electron chi connectivity index (χ4n) is 4.72. The van der Waals surface area contributed by atoms with Crippen LogP contribution < -0.4 is 5.73 Å². The number of nitrogen functional groups attached to an aromatic ring is 1. The van der Waals surface area contributed by atoms with Crippen molar-refractivity contribution in [3.05, 3.63) is 71.3 Å². The molecule has 1 aliphatic heterocycles. The second-order valence-corrected chi connectivity index (χ2v) is 8.93. The third-order valence-electron chi connectivity index (χ3n) is 6.43. The molecular weight excluding hydrogens is 433 g/mol. The lowest BCUT2D eigenvalue weighted by Gasteiger charge is -2.14. The lowest BCUT2D eigenvalue weighted by molar-refractivity contribution is 0.103. The van der Waals surface area contributed by atoms with E-state index in [0.717, 1.165) is 45.6 Å². The molecule has 2 aromatic carbocycles. The van der Waals surface area contributed by atoms with Gasteiger partial charge in [-0.3, -0.25) is 9.69 Å². The van der Waals surface area contributed by atoms with Crippen molar-refractivity contribution in [1.29, 1.82) is 0 Å². The second kappa shape index (κ2) is 7.81. The number of carbonyl (C=O) groups excluding carboxylic acids is 1. The fraction of sp³-hybridized carbons (Fsp3) is 0.240. The minimum Gasteiger partial charge on any atom is -0.383 e. The SMILES string of the molecule is Cc1nc2cc(-n3ncc(C(=O)c4cc5ccc(CN6CCC(F)C6)cc5[nH]4)c3N)ccc2[nH]1.